The number of rotatable bonds is 7. The van der Waals surface area contributed by atoms with E-state index in [-0.39, 0.29) is 24.0 Å². The van der Waals surface area contributed by atoms with Crippen LogP contribution in [-0.4, -0.2) is 31.7 Å². The van der Waals surface area contributed by atoms with Crippen LogP contribution in [0.4, 0.5) is 0 Å². The average Bonchev–Trinajstić information content (AvgIpc) is 3.15. The fourth-order valence-electron chi connectivity index (χ4n) is 3.96. The van der Waals surface area contributed by atoms with Crippen molar-refractivity contribution in [2.75, 3.05) is 0 Å². The van der Waals surface area contributed by atoms with E-state index in [0.29, 0.717) is 25.8 Å². The number of benzene rings is 1. The molecule has 1 fully saturated rings. The molecule has 1 amide bonds. The largest absolute Gasteiger partial charge is 0.393 e. The highest BCUT2D eigenvalue weighted by molar-refractivity contribution is 5.80. The molecule has 2 heterocycles. The summed E-state index contributed by atoms with van der Waals surface area (Å²) in [5.41, 5.74) is 1.94. The number of aliphatic hydroxyl groups is 1. The van der Waals surface area contributed by atoms with Crippen molar-refractivity contribution in [2.24, 2.45) is 5.92 Å². The molecule has 0 aliphatic heterocycles. The predicted octanol–water partition coefficient (Wildman–Crippen LogP) is 3.01. The number of aryl methyl sites for hydroxylation is 2. The number of imidazole rings is 1. The van der Waals surface area contributed by atoms with Gasteiger partial charge in [-0.05, 0) is 36.5 Å². The topological polar surface area (TPSA) is 80.0 Å². The van der Waals surface area contributed by atoms with Crippen LogP contribution in [-0.2, 0) is 17.8 Å². The van der Waals surface area contributed by atoms with Gasteiger partial charge in [-0.25, -0.2) is 4.98 Å². The minimum absolute atomic E-state index is 0.00954. The zero-order valence-corrected chi connectivity index (χ0v) is 16.1. The highest BCUT2D eigenvalue weighted by Gasteiger charge is 2.35. The van der Waals surface area contributed by atoms with Crippen molar-refractivity contribution in [3.05, 3.63) is 60.3 Å². The number of carbonyl (C=O) groups is 1. The number of hydrogen-bond acceptors (Lipinski definition) is 4. The fourth-order valence-corrected chi connectivity index (χ4v) is 3.96. The zero-order chi connectivity index (χ0) is 19.5. The second kappa shape index (κ2) is 8.10. The third-order valence-corrected chi connectivity index (χ3v) is 5.61. The van der Waals surface area contributed by atoms with Gasteiger partial charge in [0, 0.05) is 43.4 Å². The van der Waals surface area contributed by atoms with Gasteiger partial charge in [0.05, 0.1) is 17.7 Å². The molecule has 0 unspecified atom stereocenters. The summed E-state index contributed by atoms with van der Waals surface area (Å²) in [5, 5.41) is 14.0. The van der Waals surface area contributed by atoms with Gasteiger partial charge < -0.3 is 15.0 Å². The molecule has 3 aromatic rings. The first-order valence-electron chi connectivity index (χ1n) is 9.96. The van der Waals surface area contributed by atoms with Crippen molar-refractivity contribution >= 4 is 16.8 Å². The maximum atomic E-state index is 12.7. The highest BCUT2D eigenvalue weighted by Crippen LogP contribution is 2.38. The molecular formula is C22H26N4O2. The molecule has 1 aromatic carbocycles. The molecule has 1 atom stereocenters. The molecule has 6 nitrogen and oxygen atoms in total. The van der Waals surface area contributed by atoms with Crippen molar-refractivity contribution in [1.29, 1.82) is 0 Å². The quantitative estimate of drug-likeness (QED) is 0.662. The summed E-state index contributed by atoms with van der Waals surface area (Å²) in [6.07, 6.45) is 7.93. The van der Waals surface area contributed by atoms with Gasteiger partial charge in [-0.15, -0.1) is 0 Å². The van der Waals surface area contributed by atoms with Crippen molar-refractivity contribution in [2.45, 2.75) is 51.3 Å². The van der Waals surface area contributed by atoms with Crippen LogP contribution in [0.15, 0.2) is 48.9 Å². The number of hydrogen-bond donors (Lipinski definition) is 2. The summed E-state index contributed by atoms with van der Waals surface area (Å²) >= 11 is 0. The molecule has 1 saturated carbocycles. The lowest BCUT2D eigenvalue weighted by Gasteiger charge is -2.38. The van der Waals surface area contributed by atoms with Crippen LogP contribution in [0, 0.1) is 5.92 Å². The van der Waals surface area contributed by atoms with Crippen LogP contribution in [0.5, 0.6) is 0 Å². The van der Waals surface area contributed by atoms with Crippen molar-refractivity contribution in [3.8, 4) is 0 Å². The fraction of sp³-hybridized carbons (Fsp3) is 0.409. The maximum absolute atomic E-state index is 12.7. The van der Waals surface area contributed by atoms with Gasteiger partial charge >= 0.3 is 0 Å². The Bertz CT molecular complexity index is 962. The van der Waals surface area contributed by atoms with Gasteiger partial charge in [0.15, 0.2) is 0 Å². The number of nitrogens with one attached hydrogen (secondary N) is 1. The molecule has 2 N–H and O–H groups in total. The minimum Gasteiger partial charge on any atom is -0.393 e. The molecule has 0 radical (unpaired) electrons. The van der Waals surface area contributed by atoms with Crippen LogP contribution in [0.3, 0.4) is 0 Å². The number of aromatic nitrogens is 3. The number of para-hydroxylation sites is 1. The van der Waals surface area contributed by atoms with E-state index >= 15 is 0 Å². The Hall–Kier alpha value is -2.73. The van der Waals surface area contributed by atoms with E-state index in [0.717, 1.165) is 28.7 Å². The van der Waals surface area contributed by atoms with Gasteiger partial charge in [-0.3, -0.25) is 9.78 Å². The smallest absolute Gasteiger partial charge is 0.222 e. The molecule has 1 aliphatic rings. The van der Waals surface area contributed by atoms with Crippen LogP contribution in [0.1, 0.15) is 43.6 Å². The Morgan fingerprint density at radius 3 is 2.93 bits per heavy atom. The summed E-state index contributed by atoms with van der Waals surface area (Å²) in [6.45, 7) is 2.68. The van der Waals surface area contributed by atoms with Crippen LogP contribution < -0.4 is 5.32 Å². The molecule has 28 heavy (non-hydrogen) atoms. The van der Waals surface area contributed by atoms with E-state index in [2.05, 4.69) is 28.3 Å². The molecule has 4 rings (SSSR count). The molecule has 0 bridgehead atoms. The summed E-state index contributed by atoms with van der Waals surface area (Å²) in [7, 11) is 0. The van der Waals surface area contributed by atoms with Crippen molar-refractivity contribution in [3.63, 3.8) is 0 Å². The van der Waals surface area contributed by atoms with Gasteiger partial charge in [0.1, 0.15) is 5.82 Å². The number of aliphatic hydroxyl groups excluding tert-OH is 1. The molecule has 2 aromatic heterocycles. The minimum atomic E-state index is -0.268. The summed E-state index contributed by atoms with van der Waals surface area (Å²) in [5.74, 6) is 1.24. The van der Waals surface area contributed by atoms with Crippen LogP contribution >= 0.6 is 0 Å². The average molecular weight is 378 g/mol. The van der Waals surface area contributed by atoms with Crippen LogP contribution in [0.25, 0.3) is 10.9 Å². The molecule has 0 saturated heterocycles. The van der Waals surface area contributed by atoms with Gasteiger partial charge in [-0.1, -0.05) is 25.1 Å². The monoisotopic (exact) mass is 378 g/mol. The Morgan fingerprint density at radius 1 is 1.32 bits per heavy atom. The lowest BCUT2D eigenvalue weighted by Crippen LogP contribution is -2.41. The Morgan fingerprint density at radius 2 is 2.14 bits per heavy atom. The summed E-state index contributed by atoms with van der Waals surface area (Å²) in [6, 6.07) is 9.95. The maximum Gasteiger partial charge on any atom is 0.222 e. The van der Waals surface area contributed by atoms with Crippen LogP contribution in [0.2, 0.25) is 0 Å². The van der Waals surface area contributed by atoms with E-state index in [1.807, 2.05) is 41.2 Å². The van der Waals surface area contributed by atoms with E-state index < -0.39 is 0 Å². The predicted molar refractivity (Wildman–Crippen MR) is 108 cm³/mol. The van der Waals surface area contributed by atoms with Crippen molar-refractivity contribution < 1.29 is 9.90 Å². The van der Waals surface area contributed by atoms with Gasteiger partial charge in [-0.2, -0.15) is 0 Å². The Labute approximate surface area is 164 Å². The molecule has 6 heteroatoms. The second-order valence-corrected chi connectivity index (χ2v) is 7.53. The summed E-state index contributed by atoms with van der Waals surface area (Å²) < 4.78 is 2.03. The third-order valence-electron chi connectivity index (χ3n) is 5.61. The Balaban J connectivity index is 1.48. The lowest BCUT2D eigenvalue weighted by molar-refractivity contribution is -0.123. The molecule has 146 valence electrons. The highest BCUT2D eigenvalue weighted by atomic mass is 16.3. The summed E-state index contributed by atoms with van der Waals surface area (Å²) in [4.78, 5) is 21.5. The standard InChI is InChI=1S/C22H26N4O2/c1-2-20-23-8-10-26(20)9-7-21(28)25-22(16-12-18(27)13-16)17-11-15-5-3-4-6-19(15)24-14-17/h3-6,8,10-11,14,16,18,22,27H,2,7,9,12-13H2,1H3,(H,25,28)/t16?,18?,22-/m1/s1. The van der Waals surface area contributed by atoms with E-state index in [1.165, 1.54) is 0 Å². The molecule has 0 spiro atoms. The number of fused-ring (bicyclic) bond motifs is 1. The van der Waals surface area contributed by atoms with Gasteiger partial charge in [0.25, 0.3) is 0 Å². The Kier molecular flexibility index (Phi) is 5.39. The molecular weight excluding hydrogens is 352 g/mol. The zero-order valence-electron chi connectivity index (χ0n) is 16.1. The molecule has 1 aliphatic carbocycles. The first-order valence-corrected chi connectivity index (χ1v) is 9.96. The first kappa shape index (κ1) is 18.6. The van der Waals surface area contributed by atoms with Gasteiger partial charge in [0.2, 0.25) is 5.91 Å². The second-order valence-electron chi connectivity index (χ2n) is 7.53. The first-order chi connectivity index (χ1) is 13.6. The van der Waals surface area contributed by atoms with E-state index in [1.54, 1.807) is 6.20 Å². The SMILES string of the molecule is CCc1nccn1CCC(=O)N[C@@H](c1cnc2ccccc2c1)C1CC(O)C1. The third kappa shape index (κ3) is 3.92. The van der Waals surface area contributed by atoms with E-state index in [9.17, 15) is 9.90 Å². The van der Waals surface area contributed by atoms with Crippen molar-refractivity contribution in [1.82, 2.24) is 19.9 Å². The number of carbonyl (C=O) groups excluding carboxylic acids is 1. The number of pyridine rings is 1. The number of nitrogens with zero attached hydrogens (tertiary/aromatic N) is 3. The normalized spacial score (nSPS) is 19.9. The van der Waals surface area contributed by atoms with E-state index in [4.69, 9.17) is 0 Å². The lowest BCUT2D eigenvalue weighted by atomic mass is 9.75. The number of amides is 1.